The number of ether oxygens (including phenoxy) is 2. The molecule has 0 aromatic rings. The monoisotopic (exact) mass is 176 g/mol. The molecule has 0 fully saturated rings. The van der Waals surface area contributed by atoms with E-state index in [4.69, 9.17) is 4.74 Å². The van der Waals surface area contributed by atoms with Gasteiger partial charge in [-0.15, -0.1) is 0 Å². The molecule has 0 saturated carbocycles. The average Bonchev–Trinajstić information content (AvgIpc) is 2.05. The van der Waals surface area contributed by atoms with Gasteiger partial charge in [0.2, 0.25) is 0 Å². The fourth-order valence-corrected chi connectivity index (χ4v) is 0.841. The van der Waals surface area contributed by atoms with Gasteiger partial charge in [0.25, 0.3) is 0 Å². The molecule has 0 aromatic heterocycles. The normalized spacial score (nSPS) is 12.6. The predicted octanol–water partition coefficient (Wildman–Crippen LogP) is 0.337. The smallest absolute Gasteiger partial charge is 0.308 e. The molecular formula is C8H16O4. The first-order valence-electron chi connectivity index (χ1n) is 3.94. The first-order valence-corrected chi connectivity index (χ1v) is 3.94. The van der Waals surface area contributed by atoms with Crippen molar-refractivity contribution in [3.8, 4) is 0 Å². The van der Waals surface area contributed by atoms with Gasteiger partial charge in [0.15, 0.2) is 0 Å². The van der Waals surface area contributed by atoms with Crippen LogP contribution in [0.3, 0.4) is 0 Å². The lowest BCUT2D eigenvalue weighted by Gasteiger charge is -2.07. The maximum Gasteiger partial charge on any atom is 0.308 e. The Hall–Kier alpha value is -0.610. The summed E-state index contributed by atoms with van der Waals surface area (Å²) in [4.78, 5) is 10.6. The minimum atomic E-state index is -0.604. The zero-order valence-electron chi connectivity index (χ0n) is 7.58. The van der Waals surface area contributed by atoms with Crippen molar-refractivity contribution in [2.75, 3.05) is 20.8 Å². The Morgan fingerprint density at radius 2 is 2.17 bits per heavy atom. The molecule has 0 radical (unpaired) electrons. The van der Waals surface area contributed by atoms with Crippen LogP contribution in [-0.2, 0) is 14.3 Å². The second-order valence-corrected chi connectivity index (χ2v) is 2.57. The Labute approximate surface area is 72.5 Å². The summed E-state index contributed by atoms with van der Waals surface area (Å²) in [5, 5.41) is 9.22. The van der Waals surface area contributed by atoms with E-state index in [1.807, 2.05) is 0 Å². The summed E-state index contributed by atoms with van der Waals surface area (Å²) in [6.45, 7) is 0.609. The second-order valence-electron chi connectivity index (χ2n) is 2.57. The molecule has 0 aliphatic heterocycles. The highest BCUT2D eigenvalue weighted by Crippen LogP contribution is 2.02. The zero-order valence-corrected chi connectivity index (χ0v) is 7.58. The number of carbonyl (C=O) groups is 1. The molecule has 0 aliphatic carbocycles. The number of rotatable bonds is 6. The van der Waals surface area contributed by atoms with Crippen LogP contribution in [0.15, 0.2) is 0 Å². The average molecular weight is 176 g/mol. The number of hydrogen-bond acceptors (Lipinski definition) is 4. The third-order valence-electron chi connectivity index (χ3n) is 1.52. The molecule has 1 atom stereocenters. The molecule has 0 saturated heterocycles. The Morgan fingerprint density at radius 3 is 2.67 bits per heavy atom. The van der Waals surface area contributed by atoms with Crippen molar-refractivity contribution < 1.29 is 19.4 Å². The van der Waals surface area contributed by atoms with Gasteiger partial charge in [-0.3, -0.25) is 4.79 Å². The molecule has 0 heterocycles. The van der Waals surface area contributed by atoms with Gasteiger partial charge < -0.3 is 14.6 Å². The largest absolute Gasteiger partial charge is 0.469 e. The number of carbonyl (C=O) groups excluding carboxylic acids is 1. The highest BCUT2D eigenvalue weighted by molar-refractivity contribution is 5.69. The third kappa shape index (κ3) is 6.12. The van der Waals surface area contributed by atoms with Gasteiger partial charge in [0.1, 0.15) is 0 Å². The lowest BCUT2D eigenvalue weighted by molar-refractivity contribution is -0.142. The standard InChI is InChI=1S/C8H16O4/c1-11-5-3-4-7(9)6-8(10)12-2/h7,9H,3-6H2,1-2H3. The van der Waals surface area contributed by atoms with Crippen molar-refractivity contribution in [1.29, 1.82) is 0 Å². The Bertz CT molecular complexity index is 124. The summed E-state index contributed by atoms with van der Waals surface area (Å²) in [6.07, 6.45) is 0.797. The summed E-state index contributed by atoms with van der Waals surface area (Å²) in [5.41, 5.74) is 0. The molecular weight excluding hydrogens is 160 g/mol. The van der Waals surface area contributed by atoms with Crippen LogP contribution in [0.2, 0.25) is 0 Å². The van der Waals surface area contributed by atoms with Crippen molar-refractivity contribution in [2.45, 2.75) is 25.4 Å². The SMILES string of the molecule is COCCCC(O)CC(=O)OC. The minimum Gasteiger partial charge on any atom is -0.469 e. The van der Waals surface area contributed by atoms with E-state index >= 15 is 0 Å². The zero-order chi connectivity index (χ0) is 9.40. The summed E-state index contributed by atoms with van der Waals surface area (Å²) in [6, 6.07) is 0. The first kappa shape index (κ1) is 11.4. The summed E-state index contributed by atoms with van der Waals surface area (Å²) >= 11 is 0. The molecule has 4 nitrogen and oxygen atoms in total. The van der Waals surface area contributed by atoms with Crippen molar-refractivity contribution in [2.24, 2.45) is 0 Å². The van der Waals surface area contributed by atoms with E-state index in [2.05, 4.69) is 4.74 Å². The van der Waals surface area contributed by atoms with Crippen molar-refractivity contribution in [1.82, 2.24) is 0 Å². The minimum absolute atomic E-state index is 0.0697. The van der Waals surface area contributed by atoms with Gasteiger partial charge in [0, 0.05) is 13.7 Å². The van der Waals surface area contributed by atoms with E-state index in [0.717, 1.165) is 6.42 Å². The predicted molar refractivity (Wildman–Crippen MR) is 43.7 cm³/mol. The maximum absolute atomic E-state index is 10.6. The molecule has 0 aromatic carbocycles. The van der Waals surface area contributed by atoms with Gasteiger partial charge in [-0.1, -0.05) is 0 Å². The van der Waals surface area contributed by atoms with Crippen LogP contribution in [0.1, 0.15) is 19.3 Å². The van der Waals surface area contributed by atoms with E-state index in [0.29, 0.717) is 13.0 Å². The van der Waals surface area contributed by atoms with Crippen LogP contribution < -0.4 is 0 Å². The molecule has 0 spiro atoms. The number of hydrogen-bond donors (Lipinski definition) is 1. The number of esters is 1. The molecule has 72 valence electrons. The molecule has 1 unspecified atom stereocenters. The Balaban J connectivity index is 3.32. The number of aliphatic hydroxyl groups excluding tert-OH is 1. The Morgan fingerprint density at radius 1 is 1.50 bits per heavy atom. The molecule has 0 amide bonds. The van der Waals surface area contributed by atoms with Crippen LogP contribution in [0, 0.1) is 0 Å². The number of methoxy groups -OCH3 is 2. The van der Waals surface area contributed by atoms with Crippen molar-refractivity contribution >= 4 is 5.97 Å². The van der Waals surface area contributed by atoms with Crippen LogP contribution >= 0.6 is 0 Å². The first-order chi connectivity index (χ1) is 5.70. The van der Waals surface area contributed by atoms with E-state index in [1.165, 1.54) is 7.11 Å². The summed E-state index contributed by atoms with van der Waals surface area (Å²) in [7, 11) is 2.91. The number of aliphatic hydroxyl groups is 1. The lowest BCUT2D eigenvalue weighted by Crippen LogP contribution is -2.14. The van der Waals surface area contributed by atoms with Crippen LogP contribution in [0.25, 0.3) is 0 Å². The molecule has 0 rings (SSSR count). The van der Waals surface area contributed by atoms with E-state index < -0.39 is 6.10 Å². The lowest BCUT2D eigenvalue weighted by atomic mass is 10.1. The van der Waals surface area contributed by atoms with Gasteiger partial charge in [-0.2, -0.15) is 0 Å². The van der Waals surface area contributed by atoms with Crippen molar-refractivity contribution in [3.63, 3.8) is 0 Å². The van der Waals surface area contributed by atoms with Crippen LogP contribution in [0.5, 0.6) is 0 Å². The van der Waals surface area contributed by atoms with E-state index in [1.54, 1.807) is 7.11 Å². The van der Waals surface area contributed by atoms with Crippen LogP contribution in [0.4, 0.5) is 0 Å². The molecule has 1 N–H and O–H groups in total. The van der Waals surface area contributed by atoms with Gasteiger partial charge in [0.05, 0.1) is 19.6 Å². The van der Waals surface area contributed by atoms with Crippen LogP contribution in [-0.4, -0.2) is 38.0 Å². The fourth-order valence-electron chi connectivity index (χ4n) is 0.841. The highest BCUT2D eigenvalue weighted by Gasteiger charge is 2.09. The molecule has 4 heteroatoms. The Kier molecular flexibility index (Phi) is 6.70. The molecule has 12 heavy (non-hydrogen) atoms. The highest BCUT2D eigenvalue weighted by atomic mass is 16.5. The van der Waals surface area contributed by atoms with Gasteiger partial charge in [-0.25, -0.2) is 0 Å². The van der Waals surface area contributed by atoms with E-state index in [-0.39, 0.29) is 12.4 Å². The second kappa shape index (κ2) is 7.06. The topological polar surface area (TPSA) is 55.8 Å². The van der Waals surface area contributed by atoms with Gasteiger partial charge >= 0.3 is 5.97 Å². The molecule has 0 bridgehead atoms. The summed E-state index contributed by atoms with van der Waals surface area (Å²) < 4.78 is 9.19. The van der Waals surface area contributed by atoms with Gasteiger partial charge in [-0.05, 0) is 12.8 Å². The van der Waals surface area contributed by atoms with Crippen molar-refractivity contribution in [3.05, 3.63) is 0 Å². The maximum atomic E-state index is 10.6. The van der Waals surface area contributed by atoms with E-state index in [9.17, 15) is 9.90 Å². The third-order valence-corrected chi connectivity index (χ3v) is 1.52. The quantitative estimate of drug-likeness (QED) is 0.468. The summed E-state index contributed by atoms with van der Waals surface area (Å²) in [5.74, 6) is -0.375. The fraction of sp³-hybridized carbons (Fsp3) is 0.875. The molecule has 0 aliphatic rings.